The number of aryl methyl sites for hydroxylation is 1. The summed E-state index contributed by atoms with van der Waals surface area (Å²) in [6.07, 6.45) is 5.14. The van der Waals surface area contributed by atoms with Crippen molar-refractivity contribution in [2.24, 2.45) is 0 Å². The molecule has 23 heavy (non-hydrogen) atoms. The lowest BCUT2D eigenvalue weighted by Gasteiger charge is -2.06. The third kappa shape index (κ3) is 3.91. The van der Waals surface area contributed by atoms with Crippen LogP contribution in [-0.2, 0) is 6.54 Å². The molecule has 2 N–H and O–H groups in total. The van der Waals surface area contributed by atoms with Gasteiger partial charge in [-0.15, -0.1) is 5.10 Å². The van der Waals surface area contributed by atoms with E-state index in [1.807, 2.05) is 43.3 Å². The van der Waals surface area contributed by atoms with Crippen LogP contribution in [0.25, 0.3) is 5.69 Å². The van der Waals surface area contributed by atoms with Crippen molar-refractivity contribution in [2.45, 2.75) is 13.5 Å². The van der Waals surface area contributed by atoms with Gasteiger partial charge in [-0.05, 0) is 31.2 Å². The van der Waals surface area contributed by atoms with Crippen molar-refractivity contribution in [3.8, 4) is 5.69 Å². The van der Waals surface area contributed by atoms with Crippen LogP contribution >= 0.6 is 0 Å². The summed E-state index contributed by atoms with van der Waals surface area (Å²) in [7, 11) is 0. The summed E-state index contributed by atoms with van der Waals surface area (Å²) < 4.78 is 1.61. The van der Waals surface area contributed by atoms with Crippen LogP contribution in [0.1, 0.15) is 11.3 Å². The lowest BCUT2D eigenvalue weighted by Crippen LogP contribution is -2.28. The predicted octanol–water partition coefficient (Wildman–Crippen LogP) is 2.29. The monoisotopic (exact) mass is 308 g/mol. The van der Waals surface area contributed by atoms with Crippen molar-refractivity contribution >= 4 is 11.7 Å². The molecule has 1 aromatic carbocycles. The molecule has 0 aliphatic carbocycles. The third-order valence-corrected chi connectivity index (χ3v) is 3.19. The second-order valence-electron chi connectivity index (χ2n) is 5.04. The minimum atomic E-state index is -0.287. The Bertz CT molecular complexity index is 782. The normalized spacial score (nSPS) is 10.3. The number of amides is 2. The molecule has 0 fully saturated rings. The molecular formula is C16H16N6O. The van der Waals surface area contributed by atoms with E-state index in [9.17, 15) is 4.79 Å². The number of nitrogens with one attached hydrogen (secondary N) is 2. The average molecular weight is 308 g/mol. The number of rotatable bonds is 4. The molecule has 3 aromatic rings. The summed E-state index contributed by atoms with van der Waals surface area (Å²) in [5.74, 6) is 0. The van der Waals surface area contributed by atoms with Gasteiger partial charge in [0, 0.05) is 11.9 Å². The van der Waals surface area contributed by atoms with Gasteiger partial charge in [0.1, 0.15) is 5.69 Å². The van der Waals surface area contributed by atoms with E-state index in [0.29, 0.717) is 5.69 Å². The highest BCUT2D eigenvalue weighted by Crippen LogP contribution is 2.08. The van der Waals surface area contributed by atoms with E-state index in [0.717, 1.165) is 16.9 Å². The van der Waals surface area contributed by atoms with Crippen molar-refractivity contribution in [3.05, 3.63) is 66.2 Å². The van der Waals surface area contributed by atoms with Crippen molar-refractivity contribution in [1.82, 2.24) is 25.3 Å². The number of carbonyl (C=O) groups excluding carboxylic acids is 1. The smallest absolute Gasteiger partial charge is 0.319 e. The number of pyridine rings is 1. The predicted molar refractivity (Wildman–Crippen MR) is 86.2 cm³/mol. The first-order valence-electron chi connectivity index (χ1n) is 7.14. The first kappa shape index (κ1) is 14.7. The van der Waals surface area contributed by atoms with Gasteiger partial charge in [-0.3, -0.25) is 4.98 Å². The molecule has 7 heteroatoms. The fourth-order valence-corrected chi connectivity index (χ4v) is 1.98. The second kappa shape index (κ2) is 6.69. The molecule has 3 rings (SSSR count). The molecule has 2 aromatic heterocycles. The largest absolute Gasteiger partial charge is 0.332 e. The van der Waals surface area contributed by atoms with Crippen molar-refractivity contribution in [1.29, 1.82) is 0 Å². The van der Waals surface area contributed by atoms with Crippen LogP contribution in [0.5, 0.6) is 0 Å². The van der Waals surface area contributed by atoms with Gasteiger partial charge in [-0.25, -0.2) is 9.48 Å². The Kier molecular flexibility index (Phi) is 4.28. The van der Waals surface area contributed by atoms with Gasteiger partial charge in [-0.1, -0.05) is 22.9 Å². The standard InChI is InChI=1S/C16H16N6O/c1-12-4-6-13(7-5-12)19-16(23)18-9-14-11-22(21-20-14)15-3-2-8-17-10-15/h2-8,10-11H,9H2,1H3,(H2,18,19,23). The maximum Gasteiger partial charge on any atom is 0.319 e. The van der Waals surface area contributed by atoms with Crippen molar-refractivity contribution in [3.63, 3.8) is 0 Å². The quantitative estimate of drug-likeness (QED) is 0.774. The average Bonchev–Trinajstić information content (AvgIpc) is 3.05. The second-order valence-corrected chi connectivity index (χ2v) is 5.04. The fourth-order valence-electron chi connectivity index (χ4n) is 1.98. The van der Waals surface area contributed by atoms with E-state index < -0.39 is 0 Å². The highest BCUT2D eigenvalue weighted by atomic mass is 16.2. The summed E-state index contributed by atoms with van der Waals surface area (Å²) >= 11 is 0. The van der Waals surface area contributed by atoms with E-state index in [4.69, 9.17) is 0 Å². The Morgan fingerprint density at radius 2 is 2.04 bits per heavy atom. The third-order valence-electron chi connectivity index (χ3n) is 3.19. The molecule has 0 aliphatic heterocycles. The van der Waals surface area contributed by atoms with E-state index in [2.05, 4.69) is 25.9 Å². The van der Waals surface area contributed by atoms with Gasteiger partial charge in [0.25, 0.3) is 0 Å². The molecule has 7 nitrogen and oxygen atoms in total. The summed E-state index contributed by atoms with van der Waals surface area (Å²) in [6, 6.07) is 11.0. The zero-order valence-electron chi connectivity index (χ0n) is 12.6. The molecule has 0 radical (unpaired) electrons. The van der Waals surface area contributed by atoms with E-state index in [-0.39, 0.29) is 12.6 Å². The van der Waals surface area contributed by atoms with Gasteiger partial charge >= 0.3 is 6.03 Å². The van der Waals surface area contributed by atoms with Gasteiger partial charge in [0.15, 0.2) is 0 Å². The molecule has 2 heterocycles. The van der Waals surface area contributed by atoms with Crippen LogP contribution in [0, 0.1) is 6.92 Å². The fraction of sp³-hybridized carbons (Fsp3) is 0.125. The van der Waals surface area contributed by atoms with Crippen LogP contribution in [0.2, 0.25) is 0 Å². The number of carbonyl (C=O) groups is 1. The van der Waals surface area contributed by atoms with E-state index in [1.165, 1.54) is 0 Å². The lowest BCUT2D eigenvalue weighted by atomic mass is 10.2. The maximum atomic E-state index is 11.9. The molecular weight excluding hydrogens is 292 g/mol. The lowest BCUT2D eigenvalue weighted by molar-refractivity contribution is 0.251. The highest BCUT2D eigenvalue weighted by Gasteiger charge is 2.05. The van der Waals surface area contributed by atoms with E-state index >= 15 is 0 Å². The molecule has 116 valence electrons. The van der Waals surface area contributed by atoms with Gasteiger partial charge < -0.3 is 10.6 Å². The van der Waals surface area contributed by atoms with Crippen molar-refractivity contribution < 1.29 is 4.79 Å². The topological polar surface area (TPSA) is 84.7 Å². The van der Waals surface area contributed by atoms with E-state index in [1.54, 1.807) is 23.3 Å². The molecule has 0 saturated heterocycles. The van der Waals surface area contributed by atoms with Gasteiger partial charge in [0.2, 0.25) is 0 Å². The van der Waals surface area contributed by atoms with Crippen LogP contribution in [-0.4, -0.2) is 26.0 Å². The SMILES string of the molecule is Cc1ccc(NC(=O)NCc2cn(-c3cccnc3)nn2)cc1. The first-order valence-corrected chi connectivity index (χ1v) is 7.14. The number of aromatic nitrogens is 4. The summed E-state index contributed by atoms with van der Waals surface area (Å²) in [5.41, 5.74) is 3.36. The molecule has 0 atom stereocenters. The highest BCUT2D eigenvalue weighted by molar-refractivity contribution is 5.89. The molecule has 0 unspecified atom stereocenters. The van der Waals surface area contributed by atoms with Gasteiger partial charge in [0.05, 0.1) is 24.6 Å². The molecule has 0 bridgehead atoms. The Labute approximate surface area is 133 Å². The number of urea groups is 1. The molecule has 0 aliphatic rings. The first-order chi connectivity index (χ1) is 11.2. The minimum Gasteiger partial charge on any atom is -0.332 e. The van der Waals surface area contributed by atoms with Crippen LogP contribution in [0.15, 0.2) is 55.0 Å². The minimum absolute atomic E-state index is 0.287. The number of benzene rings is 1. The molecule has 0 saturated carbocycles. The number of nitrogens with zero attached hydrogens (tertiary/aromatic N) is 4. The van der Waals surface area contributed by atoms with Crippen molar-refractivity contribution in [2.75, 3.05) is 5.32 Å². The summed E-state index contributed by atoms with van der Waals surface area (Å²) in [5, 5.41) is 13.5. The Morgan fingerprint density at radius 3 is 2.78 bits per heavy atom. The number of hydrogen-bond acceptors (Lipinski definition) is 4. The zero-order chi connectivity index (χ0) is 16.1. The maximum absolute atomic E-state index is 11.9. The molecule has 2 amide bonds. The van der Waals surface area contributed by atoms with Crippen LogP contribution in [0.3, 0.4) is 0 Å². The Morgan fingerprint density at radius 1 is 1.22 bits per heavy atom. The summed E-state index contributed by atoms with van der Waals surface area (Å²) in [4.78, 5) is 15.9. The van der Waals surface area contributed by atoms with Gasteiger partial charge in [-0.2, -0.15) is 0 Å². The zero-order valence-corrected chi connectivity index (χ0v) is 12.6. The Hall–Kier alpha value is -3.22. The molecule has 0 spiro atoms. The number of anilines is 1. The Balaban J connectivity index is 1.55. The summed E-state index contributed by atoms with van der Waals surface area (Å²) in [6.45, 7) is 2.29. The van der Waals surface area contributed by atoms with Crippen LogP contribution in [0.4, 0.5) is 10.5 Å². The van der Waals surface area contributed by atoms with Crippen LogP contribution < -0.4 is 10.6 Å². The number of hydrogen-bond donors (Lipinski definition) is 2.